The molecule has 1 aromatic heterocycles. The lowest BCUT2D eigenvalue weighted by molar-refractivity contribution is -0.274. The van der Waals surface area contributed by atoms with Gasteiger partial charge in [0, 0.05) is 16.9 Å². The average molecular weight is 321 g/mol. The van der Waals surface area contributed by atoms with Gasteiger partial charge in [0.25, 0.3) is 0 Å². The van der Waals surface area contributed by atoms with Gasteiger partial charge in [-0.1, -0.05) is 12.1 Å². The Hall–Kier alpha value is -3.10. The maximum Gasteiger partial charge on any atom is 0.573 e. The first-order chi connectivity index (χ1) is 11.0. The first-order valence-corrected chi connectivity index (χ1v) is 6.47. The number of nitrogens with zero attached hydrogens (tertiary/aromatic N) is 3. The number of alkyl halides is 3. The molecule has 0 fully saturated rings. The van der Waals surface area contributed by atoms with Gasteiger partial charge >= 0.3 is 6.36 Å². The molecule has 0 aliphatic rings. The first-order valence-electron chi connectivity index (χ1n) is 6.47. The zero-order valence-corrected chi connectivity index (χ0v) is 11.5. The maximum absolute atomic E-state index is 12.1. The highest BCUT2D eigenvalue weighted by molar-refractivity contribution is 5.77. The fraction of sp³-hybridized carbons (Fsp3) is 0.0714. The zero-order valence-electron chi connectivity index (χ0n) is 11.5. The van der Waals surface area contributed by atoms with E-state index in [4.69, 9.17) is 0 Å². The molecule has 0 unspecified atom stereocenters. The van der Waals surface area contributed by atoms with Crippen molar-refractivity contribution in [3.05, 3.63) is 48.5 Å². The van der Waals surface area contributed by atoms with Crippen LogP contribution in [0.25, 0.3) is 11.4 Å². The van der Waals surface area contributed by atoms with Crippen molar-refractivity contribution >= 4 is 11.4 Å². The Labute approximate surface area is 128 Å². The number of benzene rings is 2. The normalized spacial score (nSPS) is 11.3. The molecular formula is C14H10F3N5O. The van der Waals surface area contributed by atoms with Crippen LogP contribution in [-0.2, 0) is 0 Å². The molecule has 6 nitrogen and oxygen atoms in total. The summed E-state index contributed by atoms with van der Waals surface area (Å²) in [6, 6.07) is 12.6. The average Bonchev–Trinajstić information content (AvgIpc) is 3.02. The van der Waals surface area contributed by atoms with Gasteiger partial charge in [-0.05, 0) is 41.6 Å². The molecule has 0 amide bonds. The monoisotopic (exact) mass is 321 g/mol. The predicted molar refractivity (Wildman–Crippen MR) is 76.0 cm³/mol. The lowest BCUT2D eigenvalue weighted by Crippen LogP contribution is -2.16. The third-order valence-electron chi connectivity index (χ3n) is 2.88. The third kappa shape index (κ3) is 3.76. The molecule has 9 heteroatoms. The maximum atomic E-state index is 12.1. The van der Waals surface area contributed by atoms with Gasteiger partial charge in [-0.15, -0.1) is 23.4 Å². The third-order valence-corrected chi connectivity index (χ3v) is 2.88. The molecule has 23 heavy (non-hydrogen) atoms. The SMILES string of the molecule is FC(F)(F)Oc1ccc(Nc2ccccc2-c2nn[nH]n2)cc1. The summed E-state index contributed by atoms with van der Waals surface area (Å²) in [4.78, 5) is 0. The molecule has 0 radical (unpaired) electrons. The van der Waals surface area contributed by atoms with Crippen molar-refractivity contribution in [2.45, 2.75) is 6.36 Å². The second-order valence-electron chi connectivity index (χ2n) is 4.48. The fourth-order valence-electron chi connectivity index (χ4n) is 1.96. The second kappa shape index (κ2) is 5.95. The van der Waals surface area contributed by atoms with E-state index in [9.17, 15) is 13.2 Å². The molecule has 0 saturated heterocycles. The van der Waals surface area contributed by atoms with Crippen LogP contribution in [0.1, 0.15) is 0 Å². The number of aromatic nitrogens is 4. The highest BCUT2D eigenvalue weighted by Crippen LogP contribution is 2.29. The van der Waals surface area contributed by atoms with Crippen molar-refractivity contribution in [2.24, 2.45) is 0 Å². The van der Waals surface area contributed by atoms with Crippen molar-refractivity contribution in [1.82, 2.24) is 20.6 Å². The standard InChI is InChI=1S/C14H10F3N5O/c15-14(16,17)23-10-7-5-9(6-8-10)18-12-4-2-1-3-11(12)13-19-21-22-20-13/h1-8,18H,(H,19,20,21,22). The molecule has 2 N–H and O–H groups in total. The second-order valence-corrected chi connectivity index (χ2v) is 4.48. The topological polar surface area (TPSA) is 75.7 Å². The number of halogens is 3. The van der Waals surface area contributed by atoms with Crippen molar-refractivity contribution in [3.63, 3.8) is 0 Å². The molecule has 1 heterocycles. The highest BCUT2D eigenvalue weighted by Gasteiger charge is 2.30. The number of rotatable bonds is 4. The Morgan fingerprint density at radius 2 is 1.74 bits per heavy atom. The number of anilines is 2. The predicted octanol–water partition coefficient (Wildman–Crippen LogP) is 3.51. The highest BCUT2D eigenvalue weighted by atomic mass is 19.4. The Bertz CT molecular complexity index is 772. The lowest BCUT2D eigenvalue weighted by Gasteiger charge is -2.12. The van der Waals surface area contributed by atoms with Crippen LogP contribution >= 0.6 is 0 Å². The Morgan fingerprint density at radius 3 is 2.39 bits per heavy atom. The van der Waals surface area contributed by atoms with Crippen molar-refractivity contribution in [3.8, 4) is 17.1 Å². The van der Waals surface area contributed by atoms with E-state index in [1.165, 1.54) is 24.3 Å². The minimum atomic E-state index is -4.71. The molecule has 0 bridgehead atoms. The number of nitrogens with one attached hydrogen (secondary N) is 2. The number of hydrogen-bond acceptors (Lipinski definition) is 5. The van der Waals surface area contributed by atoms with Gasteiger partial charge in [0.15, 0.2) is 0 Å². The Morgan fingerprint density at radius 1 is 1.00 bits per heavy atom. The van der Waals surface area contributed by atoms with Crippen LogP contribution in [0.4, 0.5) is 24.5 Å². The van der Waals surface area contributed by atoms with E-state index in [0.717, 1.165) is 0 Å². The number of H-pyrrole nitrogens is 1. The van der Waals surface area contributed by atoms with Crippen LogP contribution in [0, 0.1) is 0 Å². The molecule has 3 rings (SSSR count). The Balaban J connectivity index is 1.80. The molecular weight excluding hydrogens is 311 g/mol. The summed E-state index contributed by atoms with van der Waals surface area (Å²) in [5.41, 5.74) is 1.99. The van der Waals surface area contributed by atoms with Crippen LogP contribution < -0.4 is 10.1 Å². The Kier molecular flexibility index (Phi) is 3.83. The molecule has 0 saturated carbocycles. The number of para-hydroxylation sites is 1. The van der Waals surface area contributed by atoms with E-state index in [2.05, 4.69) is 30.7 Å². The zero-order chi connectivity index (χ0) is 16.3. The molecule has 0 aliphatic heterocycles. The van der Waals surface area contributed by atoms with Gasteiger partial charge in [0.05, 0.1) is 0 Å². The van der Waals surface area contributed by atoms with Gasteiger partial charge in [-0.2, -0.15) is 5.21 Å². The van der Waals surface area contributed by atoms with Crippen LogP contribution in [0.15, 0.2) is 48.5 Å². The molecule has 0 spiro atoms. The largest absolute Gasteiger partial charge is 0.573 e. The van der Waals surface area contributed by atoms with Crippen molar-refractivity contribution in [2.75, 3.05) is 5.32 Å². The van der Waals surface area contributed by atoms with Gasteiger partial charge in [0.1, 0.15) is 5.75 Å². The van der Waals surface area contributed by atoms with Crippen molar-refractivity contribution in [1.29, 1.82) is 0 Å². The van der Waals surface area contributed by atoms with Gasteiger partial charge < -0.3 is 10.1 Å². The van der Waals surface area contributed by atoms with Crippen LogP contribution in [0.3, 0.4) is 0 Å². The van der Waals surface area contributed by atoms with E-state index in [1.807, 2.05) is 12.1 Å². The summed E-state index contributed by atoms with van der Waals surface area (Å²) < 4.78 is 40.2. The molecule has 3 aromatic rings. The number of hydrogen-bond donors (Lipinski definition) is 2. The van der Waals surface area contributed by atoms with Crippen LogP contribution in [0.5, 0.6) is 5.75 Å². The number of aromatic amines is 1. The summed E-state index contributed by atoms with van der Waals surface area (Å²) in [5, 5.41) is 16.8. The van der Waals surface area contributed by atoms with Gasteiger partial charge in [0.2, 0.25) is 5.82 Å². The minimum Gasteiger partial charge on any atom is -0.406 e. The summed E-state index contributed by atoms with van der Waals surface area (Å²) in [5.74, 6) is 0.125. The summed E-state index contributed by atoms with van der Waals surface area (Å²) in [6.07, 6.45) is -4.71. The van der Waals surface area contributed by atoms with E-state index in [1.54, 1.807) is 12.1 Å². The number of tetrazole rings is 1. The first kappa shape index (κ1) is 14.8. The summed E-state index contributed by atoms with van der Waals surface area (Å²) in [7, 11) is 0. The smallest absolute Gasteiger partial charge is 0.406 e. The number of ether oxygens (including phenoxy) is 1. The van der Waals surface area contributed by atoms with E-state index in [0.29, 0.717) is 22.8 Å². The van der Waals surface area contributed by atoms with Gasteiger partial charge in [-0.3, -0.25) is 0 Å². The van der Waals surface area contributed by atoms with E-state index >= 15 is 0 Å². The molecule has 2 aromatic carbocycles. The lowest BCUT2D eigenvalue weighted by atomic mass is 10.1. The van der Waals surface area contributed by atoms with Crippen LogP contribution in [-0.4, -0.2) is 27.0 Å². The van der Waals surface area contributed by atoms with E-state index in [-0.39, 0.29) is 5.75 Å². The summed E-state index contributed by atoms with van der Waals surface area (Å²) in [6.45, 7) is 0. The quantitative estimate of drug-likeness (QED) is 0.769. The minimum absolute atomic E-state index is 0.283. The van der Waals surface area contributed by atoms with Gasteiger partial charge in [-0.25, -0.2) is 0 Å². The fourth-order valence-corrected chi connectivity index (χ4v) is 1.96. The van der Waals surface area contributed by atoms with E-state index < -0.39 is 6.36 Å². The molecule has 0 aliphatic carbocycles. The van der Waals surface area contributed by atoms with Crippen molar-refractivity contribution < 1.29 is 17.9 Å². The molecule has 0 atom stereocenters. The summed E-state index contributed by atoms with van der Waals surface area (Å²) >= 11 is 0. The van der Waals surface area contributed by atoms with Crippen LogP contribution in [0.2, 0.25) is 0 Å². The molecule has 118 valence electrons.